The average molecular weight is 320 g/mol. The summed E-state index contributed by atoms with van der Waals surface area (Å²) in [5.41, 5.74) is 1.01. The number of nitrogens with one attached hydrogen (secondary N) is 1. The molecule has 0 saturated carbocycles. The van der Waals surface area contributed by atoms with Gasteiger partial charge in [-0.15, -0.1) is 0 Å². The van der Waals surface area contributed by atoms with Gasteiger partial charge in [0.15, 0.2) is 17.3 Å². The normalized spacial score (nSPS) is 12.3. The molecule has 0 spiro atoms. The number of nitrogens with zero attached hydrogens (tertiary/aromatic N) is 1. The monoisotopic (exact) mass is 320 g/mol. The summed E-state index contributed by atoms with van der Waals surface area (Å²) < 4.78 is 24.1. The Morgan fingerprint density at radius 1 is 1.35 bits per heavy atom. The summed E-state index contributed by atoms with van der Waals surface area (Å²) in [5.74, 6) is 0.0850. The minimum absolute atomic E-state index is 0.0573. The van der Waals surface area contributed by atoms with Crippen molar-refractivity contribution in [3.63, 3.8) is 0 Å². The fourth-order valence-electron chi connectivity index (χ4n) is 2.17. The van der Waals surface area contributed by atoms with E-state index in [2.05, 4.69) is 10.5 Å². The van der Waals surface area contributed by atoms with Crippen molar-refractivity contribution in [2.75, 3.05) is 6.61 Å². The summed E-state index contributed by atoms with van der Waals surface area (Å²) in [5, 5.41) is 6.68. The number of carbonyl (C=O) groups is 1. The van der Waals surface area contributed by atoms with Gasteiger partial charge in [-0.05, 0) is 26.0 Å². The molecule has 124 valence electrons. The first-order valence-corrected chi connectivity index (χ1v) is 7.54. The molecule has 1 aromatic heterocycles. The van der Waals surface area contributed by atoms with Crippen LogP contribution in [0.15, 0.2) is 28.8 Å². The molecule has 1 amide bonds. The number of aryl methyl sites for hydroxylation is 1. The highest BCUT2D eigenvalue weighted by Gasteiger charge is 2.23. The van der Waals surface area contributed by atoms with Gasteiger partial charge >= 0.3 is 0 Å². The molecule has 0 saturated heterocycles. The summed E-state index contributed by atoms with van der Waals surface area (Å²) in [6.07, 6.45) is 0. The number of benzene rings is 1. The van der Waals surface area contributed by atoms with Crippen molar-refractivity contribution in [3.05, 3.63) is 47.1 Å². The Bertz CT molecular complexity index is 682. The van der Waals surface area contributed by atoms with E-state index >= 15 is 0 Å². The molecule has 0 unspecified atom stereocenters. The van der Waals surface area contributed by atoms with Crippen LogP contribution in [0, 0.1) is 12.7 Å². The van der Waals surface area contributed by atoms with Gasteiger partial charge in [0.25, 0.3) is 5.91 Å². The highest BCUT2D eigenvalue weighted by molar-refractivity contribution is 5.96. The molecule has 2 aromatic rings. The summed E-state index contributed by atoms with van der Waals surface area (Å²) in [6, 6.07) is 5.86. The molecule has 1 heterocycles. The van der Waals surface area contributed by atoms with Gasteiger partial charge in [0, 0.05) is 5.92 Å². The predicted octanol–water partition coefficient (Wildman–Crippen LogP) is 3.44. The van der Waals surface area contributed by atoms with E-state index in [1.165, 1.54) is 6.07 Å². The van der Waals surface area contributed by atoms with E-state index in [-0.39, 0.29) is 30.2 Å². The standard InChI is InChI=1S/C17H21FN2O3/c1-10(2)16-15(12(4)20-23-16)17(21)19-11(3)9-22-14-8-6-5-7-13(14)18/h5-8,10-11H,9H2,1-4H3,(H,19,21)/t11-/m1/s1. The van der Waals surface area contributed by atoms with E-state index < -0.39 is 5.82 Å². The van der Waals surface area contributed by atoms with Crippen LogP contribution in [0.5, 0.6) is 5.75 Å². The molecule has 0 aliphatic carbocycles. The molecule has 23 heavy (non-hydrogen) atoms. The van der Waals surface area contributed by atoms with Crippen molar-refractivity contribution >= 4 is 5.91 Å². The molecule has 6 heteroatoms. The van der Waals surface area contributed by atoms with Crippen LogP contribution in [0.25, 0.3) is 0 Å². The predicted molar refractivity (Wildman–Crippen MR) is 84.2 cm³/mol. The number of amides is 1. The third-order valence-electron chi connectivity index (χ3n) is 3.34. The molecule has 1 N–H and O–H groups in total. The number of para-hydroxylation sites is 1. The second kappa shape index (κ2) is 7.26. The molecule has 2 rings (SSSR count). The number of halogens is 1. The second-order valence-electron chi connectivity index (χ2n) is 5.78. The zero-order valence-electron chi connectivity index (χ0n) is 13.7. The van der Waals surface area contributed by atoms with Crippen LogP contribution < -0.4 is 10.1 Å². The first kappa shape index (κ1) is 17.0. The smallest absolute Gasteiger partial charge is 0.257 e. The number of ether oxygens (including phenoxy) is 1. The summed E-state index contributed by atoms with van der Waals surface area (Å²) in [4.78, 5) is 12.4. The zero-order valence-corrected chi connectivity index (χ0v) is 13.7. The van der Waals surface area contributed by atoms with Crippen LogP contribution >= 0.6 is 0 Å². The maximum absolute atomic E-state index is 13.5. The van der Waals surface area contributed by atoms with Crippen molar-refractivity contribution in [2.24, 2.45) is 0 Å². The van der Waals surface area contributed by atoms with Crippen LogP contribution in [-0.4, -0.2) is 23.7 Å². The highest BCUT2D eigenvalue weighted by Crippen LogP contribution is 2.22. The second-order valence-corrected chi connectivity index (χ2v) is 5.78. The molecule has 1 aromatic carbocycles. The van der Waals surface area contributed by atoms with Crippen molar-refractivity contribution in [3.8, 4) is 5.75 Å². The van der Waals surface area contributed by atoms with Crippen LogP contribution in [-0.2, 0) is 0 Å². The topological polar surface area (TPSA) is 64.4 Å². The van der Waals surface area contributed by atoms with Gasteiger partial charge in [-0.1, -0.05) is 31.1 Å². The molecular formula is C17H21FN2O3. The van der Waals surface area contributed by atoms with E-state index in [0.717, 1.165) is 0 Å². The van der Waals surface area contributed by atoms with Crippen molar-refractivity contribution < 1.29 is 18.4 Å². The zero-order chi connectivity index (χ0) is 17.0. The van der Waals surface area contributed by atoms with Gasteiger partial charge in [-0.2, -0.15) is 0 Å². The molecule has 0 fully saturated rings. The number of aromatic nitrogens is 1. The molecule has 0 radical (unpaired) electrons. The van der Waals surface area contributed by atoms with E-state index in [0.29, 0.717) is 17.0 Å². The van der Waals surface area contributed by atoms with Crippen LogP contribution in [0.4, 0.5) is 4.39 Å². The Hall–Kier alpha value is -2.37. The lowest BCUT2D eigenvalue weighted by Crippen LogP contribution is -2.37. The molecule has 5 nitrogen and oxygen atoms in total. The lowest BCUT2D eigenvalue weighted by Gasteiger charge is -2.15. The van der Waals surface area contributed by atoms with E-state index in [1.807, 2.05) is 13.8 Å². The third kappa shape index (κ3) is 4.09. The number of rotatable bonds is 6. The first-order chi connectivity index (χ1) is 10.9. The van der Waals surface area contributed by atoms with Gasteiger partial charge in [0.2, 0.25) is 0 Å². The minimum Gasteiger partial charge on any atom is -0.488 e. The molecule has 1 atom stereocenters. The number of hydrogen-bond donors (Lipinski definition) is 1. The summed E-state index contributed by atoms with van der Waals surface area (Å²) in [6.45, 7) is 7.54. The quantitative estimate of drug-likeness (QED) is 0.885. The first-order valence-electron chi connectivity index (χ1n) is 7.54. The van der Waals surface area contributed by atoms with Gasteiger partial charge in [0.1, 0.15) is 12.2 Å². The third-order valence-corrected chi connectivity index (χ3v) is 3.34. The highest BCUT2D eigenvalue weighted by atomic mass is 19.1. The Kier molecular flexibility index (Phi) is 5.36. The van der Waals surface area contributed by atoms with E-state index in [1.54, 1.807) is 32.0 Å². The van der Waals surface area contributed by atoms with Gasteiger partial charge in [-0.3, -0.25) is 4.79 Å². The average Bonchev–Trinajstić information content (AvgIpc) is 2.88. The number of hydrogen-bond acceptors (Lipinski definition) is 4. The Morgan fingerprint density at radius 2 is 2.04 bits per heavy atom. The van der Waals surface area contributed by atoms with Crippen molar-refractivity contribution in [1.29, 1.82) is 0 Å². The Labute approximate surface area is 134 Å². The van der Waals surface area contributed by atoms with E-state index in [4.69, 9.17) is 9.26 Å². The van der Waals surface area contributed by atoms with Gasteiger partial charge in [-0.25, -0.2) is 4.39 Å². The molecule has 0 aliphatic heterocycles. The van der Waals surface area contributed by atoms with Crippen LogP contribution in [0.3, 0.4) is 0 Å². The lowest BCUT2D eigenvalue weighted by atomic mass is 10.0. The Balaban J connectivity index is 1.98. The van der Waals surface area contributed by atoms with Crippen LogP contribution in [0.1, 0.15) is 48.5 Å². The minimum atomic E-state index is -0.428. The van der Waals surface area contributed by atoms with Gasteiger partial charge < -0.3 is 14.6 Å². The fraction of sp³-hybridized carbons (Fsp3) is 0.412. The van der Waals surface area contributed by atoms with Crippen molar-refractivity contribution in [2.45, 2.75) is 39.7 Å². The SMILES string of the molecule is Cc1noc(C(C)C)c1C(=O)N[C@H](C)COc1ccccc1F. The van der Waals surface area contributed by atoms with Gasteiger partial charge in [0.05, 0.1) is 11.7 Å². The maximum atomic E-state index is 13.5. The Morgan fingerprint density at radius 3 is 2.70 bits per heavy atom. The fourth-order valence-corrected chi connectivity index (χ4v) is 2.17. The summed E-state index contributed by atoms with van der Waals surface area (Å²) >= 11 is 0. The maximum Gasteiger partial charge on any atom is 0.257 e. The van der Waals surface area contributed by atoms with E-state index in [9.17, 15) is 9.18 Å². The van der Waals surface area contributed by atoms with Crippen molar-refractivity contribution in [1.82, 2.24) is 10.5 Å². The molecule has 0 bridgehead atoms. The largest absolute Gasteiger partial charge is 0.488 e. The summed E-state index contributed by atoms with van der Waals surface area (Å²) in [7, 11) is 0. The number of carbonyl (C=O) groups excluding carboxylic acids is 1. The van der Waals surface area contributed by atoms with Crippen LogP contribution in [0.2, 0.25) is 0 Å². The molecule has 0 aliphatic rings. The lowest BCUT2D eigenvalue weighted by molar-refractivity contribution is 0.0923. The molecular weight excluding hydrogens is 299 g/mol.